The first kappa shape index (κ1) is 15.0. The fourth-order valence-electron chi connectivity index (χ4n) is 2.02. The predicted molar refractivity (Wildman–Crippen MR) is 81.5 cm³/mol. The van der Waals surface area contributed by atoms with Crippen LogP contribution in [0.4, 0.5) is 5.95 Å². The molecule has 110 valence electrons. The van der Waals surface area contributed by atoms with E-state index in [9.17, 15) is 4.79 Å². The van der Waals surface area contributed by atoms with E-state index in [1.54, 1.807) is 7.11 Å². The van der Waals surface area contributed by atoms with E-state index < -0.39 is 0 Å². The van der Waals surface area contributed by atoms with Crippen molar-refractivity contribution in [2.45, 2.75) is 26.7 Å². The van der Waals surface area contributed by atoms with Crippen molar-refractivity contribution in [3.8, 4) is 5.75 Å². The number of ether oxygens (including phenoxy) is 1. The monoisotopic (exact) mass is 285 g/mol. The molecule has 5 heteroatoms. The van der Waals surface area contributed by atoms with E-state index in [1.165, 1.54) is 0 Å². The van der Waals surface area contributed by atoms with Crippen LogP contribution in [0.25, 0.3) is 0 Å². The van der Waals surface area contributed by atoms with Crippen molar-refractivity contribution in [1.82, 2.24) is 9.97 Å². The summed E-state index contributed by atoms with van der Waals surface area (Å²) < 4.78 is 5.10. The van der Waals surface area contributed by atoms with Crippen molar-refractivity contribution in [2.24, 2.45) is 0 Å². The predicted octanol–water partition coefficient (Wildman–Crippen LogP) is 2.67. The highest BCUT2D eigenvalue weighted by atomic mass is 16.5. The minimum absolute atomic E-state index is 0.0872. The number of rotatable bonds is 5. The SMILES string of the molecule is COc1ccc(CCC(=O)Nc2nc(C)cc(C)n2)cc1. The number of nitrogens with one attached hydrogen (secondary N) is 1. The van der Waals surface area contributed by atoms with Gasteiger partial charge in [0.05, 0.1) is 7.11 Å². The van der Waals surface area contributed by atoms with Crippen LogP contribution in [-0.2, 0) is 11.2 Å². The van der Waals surface area contributed by atoms with Gasteiger partial charge >= 0.3 is 0 Å². The highest BCUT2D eigenvalue weighted by molar-refractivity contribution is 5.89. The molecule has 0 saturated carbocycles. The lowest BCUT2D eigenvalue weighted by atomic mass is 10.1. The topological polar surface area (TPSA) is 64.1 Å². The van der Waals surface area contributed by atoms with Crippen LogP contribution < -0.4 is 10.1 Å². The van der Waals surface area contributed by atoms with Crippen molar-refractivity contribution in [2.75, 3.05) is 12.4 Å². The van der Waals surface area contributed by atoms with Crippen molar-refractivity contribution in [1.29, 1.82) is 0 Å². The molecule has 1 aromatic heterocycles. The number of carbonyl (C=O) groups is 1. The Kier molecular flexibility index (Phi) is 4.87. The van der Waals surface area contributed by atoms with Gasteiger partial charge in [-0.2, -0.15) is 0 Å². The van der Waals surface area contributed by atoms with Gasteiger partial charge in [-0.05, 0) is 44.0 Å². The maximum Gasteiger partial charge on any atom is 0.229 e. The summed E-state index contributed by atoms with van der Waals surface area (Å²) in [5.41, 5.74) is 2.77. The first-order valence-electron chi connectivity index (χ1n) is 6.82. The first-order chi connectivity index (χ1) is 10.1. The summed E-state index contributed by atoms with van der Waals surface area (Å²) in [6.07, 6.45) is 1.06. The zero-order valence-corrected chi connectivity index (χ0v) is 12.5. The zero-order chi connectivity index (χ0) is 15.2. The van der Waals surface area contributed by atoms with Gasteiger partial charge in [0, 0.05) is 17.8 Å². The van der Waals surface area contributed by atoms with Crippen molar-refractivity contribution < 1.29 is 9.53 Å². The first-order valence-corrected chi connectivity index (χ1v) is 6.82. The average Bonchev–Trinajstić information content (AvgIpc) is 2.44. The van der Waals surface area contributed by atoms with Gasteiger partial charge in [0.2, 0.25) is 11.9 Å². The minimum atomic E-state index is -0.0872. The molecule has 0 atom stereocenters. The smallest absolute Gasteiger partial charge is 0.229 e. The molecular weight excluding hydrogens is 266 g/mol. The molecule has 0 fully saturated rings. The summed E-state index contributed by atoms with van der Waals surface area (Å²) in [4.78, 5) is 20.3. The number of hydrogen-bond donors (Lipinski definition) is 1. The molecule has 1 aromatic carbocycles. The molecule has 0 aliphatic heterocycles. The largest absolute Gasteiger partial charge is 0.497 e. The number of nitrogens with zero attached hydrogens (tertiary/aromatic N) is 2. The van der Waals surface area contributed by atoms with Crippen LogP contribution in [0, 0.1) is 13.8 Å². The number of anilines is 1. The minimum Gasteiger partial charge on any atom is -0.497 e. The molecule has 2 aromatic rings. The lowest BCUT2D eigenvalue weighted by Crippen LogP contribution is -2.15. The number of amides is 1. The summed E-state index contributed by atoms with van der Waals surface area (Å²) in [5, 5.41) is 2.73. The van der Waals surface area contributed by atoms with Crippen LogP contribution in [0.3, 0.4) is 0 Å². The van der Waals surface area contributed by atoms with E-state index in [0.29, 0.717) is 18.8 Å². The number of aryl methyl sites for hydroxylation is 3. The van der Waals surface area contributed by atoms with E-state index in [4.69, 9.17) is 4.74 Å². The van der Waals surface area contributed by atoms with E-state index in [1.807, 2.05) is 44.2 Å². The average molecular weight is 285 g/mol. The Balaban J connectivity index is 1.89. The lowest BCUT2D eigenvalue weighted by Gasteiger charge is -2.06. The third-order valence-corrected chi connectivity index (χ3v) is 3.03. The molecule has 1 N–H and O–H groups in total. The second-order valence-corrected chi connectivity index (χ2v) is 4.87. The summed E-state index contributed by atoms with van der Waals surface area (Å²) in [6.45, 7) is 3.75. The Labute approximate surface area is 124 Å². The highest BCUT2D eigenvalue weighted by Crippen LogP contribution is 2.13. The molecule has 0 radical (unpaired) electrons. The van der Waals surface area contributed by atoms with Gasteiger partial charge in [0.15, 0.2) is 0 Å². The van der Waals surface area contributed by atoms with Gasteiger partial charge in [-0.25, -0.2) is 9.97 Å². The second-order valence-electron chi connectivity index (χ2n) is 4.87. The molecule has 0 unspecified atom stereocenters. The van der Waals surface area contributed by atoms with Crippen LogP contribution in [0.15, 0.2) is 30.3 Å². The van der Waals surface area contributed by atoms with Gasteiger partial charge in [-0.1, -0.05) is 12.1 Å². The molecule has 0 bridgehead atoms. The van der Waals surface area contributed by atoms with E-state index in [-0.39, 0.29) is 5.91 Å². The van der Waals surface area contributed by atoms with Crippen LogP contribution >= 0.6 is 0 Å². The second kappa shape index (κ2) is 6.83. The highest BCUT2D eigenvalue weighted by Gasteiger charge is 2.06. The molecule has 0 aliphatic rings. The zero-order valence-electron chi connectivity index (χ0n) is 12.5. The number of benzene rings is 1. The standard InChI is InChI=1S/C16H19N3O2/c1-11-10-12(2)18-16(17-11)19-15(20)9-6-13-4-7-14(21-3)8-5-13/h4-5,7-8,10H,6,9H2,1-3H3,(H,17,18,19,20). The Morgan fingerprint density at radius 3 is 2.33 bits per heavy atom. The molecule has 0 spiro atoms. The maximum atomic E-state index is 11.9. The number of methoxy groups -OCH3 is 1. The Morgan fingerprint density at radius 1 is 1.14 bits per heavy atom. The van der Waals surface area contributed by atoms with E-state index >= 15 is 0 Å². The van der Waals surface area contributed by atoms with Crippen LogP contribution in [0.1, 0.15) is 23.4 Å². The Morgan fingerprint density at radius 2 is 1.76 bits per heavy atom. The van der Waals surface area contributed by atoms with Gasteiger partial charge in [0.25, 0.3) is 0 Å². The van der Waals surface area contributed by atoms with Gasteiger partial charge in [0.1, 0.15) is 5.75 Å². The van der Waals surface area contributed by atoms with Gasteiger partial charge < -0.3 is 4.74 Å². The third-order valence-electron chi connectivity index (χ3n) is 3.03. The molecule has 5 nitrogen and oxygen atoms in total. The van der Waals surface area contributed by atoms with Crippen molar-refractivity contribution in [3.63, 3.8) is 0 Å². The lowest BCUT2D eigenvalue weighted by molar-refractivity contribution is -0.116. The summed E-state index contributed by atoms with van der Waals surface area (Å²) in [7, 11) is 1.63. The Hall–Kier alpha value is -2.43. The molecule has 0 saturated heterocycles. The fourth-order valence-corrected chi connectivity index (χ4v) is 2.02. The quantitative estimate of drug-likeness (QED) is 0.917. The number of aromatic nitrogens is 2. The molecular formula is C16H19N3O2. The normalized spacial score (nSPS) is 10.2. The number of hydrogen-bond acceptors (Lipinski definition) is 4. The molecule has 0 aliphatic carbocycles. The molecule has 21 heavy (non-hydrogen) atoms. The van der Waals surface area contributed by atoms with Gasteiger partial charge in [-0.15, -0.1) is 0 Å². The molecule has 1 heterocycles. The molecule has 1 amide bonds. The van der Waals surface area contributed by atoms with Crippen molar-refractivity contribution in [3.05, 3.63) is 47.3 Å². The number of carbonyl (C=O) groups excluding carboxylic acids is 1. The van der Waals surface area contributed by atoms with Crippen LogP contribution in [0.5, 0.6) is 5.75 Å². The van der Waals surface area contributed by atoms with Crippen LogP contribution in [0.2, 0.25) is 0 Å². The molecule has 2 rings (SSSR count). The summed E-state index contributed by atoms with van der Waals surface area (Å²) >= 11 is 0. The Bertz CT molecular complexity index is 604. The summed E-state index contributed by atoms with van der Waals surface area (Å²) in [5.74, 6) is 1.09. The third kappa shape index (κ3) is 4.56. The fraction of sp³-hybridized carbons (Fsp3) is 0.312. The van der Waals surface area contributed by atoms with Crippen molar-refractivity contribution >= 4 is 11.9 Å². The maximum absolute atomic E-state index is 11.9. The van der Waals surface area contributed by atoms with E-state index in [2.05, 4.69) is 15.3 Å². The van der Waals surface area contributed by atoms with Gasteiger partial charge in [-0.3, -0.25) is 10.1 Å². The summed E-state index contributed by atoms with van der Waals surface area (Å²) in [6, 6.07) is 9.56. The van der Waals surface area contributed by atoms with E-state index in [0.717, 1.165) is 22.7 Å². The van der Waals surface area contributed by atoms with Crippen LogP contribution in [-0.4, -0.2) is 23.0 Å².